The lowest BCUT2D eigenvalue weighted by Crippen LogP contribution is -2.48. The second kappa shape index (κ2) is 12.8. The highest BCUT2D eigenvalue weighted by Crippen LogP contribution is 2.31. The third kappa shape index (κ3) is 7.46. The molecule has 33 heavy (non-hydrogen) atoms. The number of aryl methyl sites for hydroxylation is 1. The van der Waals surface area contributed by atoms with Crippen molar-refractivity contribution in [3.8, 4) is 5.75 Å². The molecule has 178 valence electrons. The molecule has 1 saturated heterocycles. The van der Waals surface area contributed by atoms with E-state index in [1.807, 2.05) is 7.05 Å². The lowest BCUT2D eigenvalue weighted by atomic mass is 9.95. The Kier molecular flexibility index (Phi) is 10.1. The number of amides is 1. The number of likely N-dealkylation sites (N-methyl/N-ethyl adjacent to an activating group) is 1. The number of aromatic carboxylic acids is 1. The fraction of sp³-hybridized carbons (Fsp3) is 0.407. The van der Waals surface area contributed by atoms with Gasteiger partial charge in [0.05, 0.1) is 19.2 Å². The summed E-state index contributed by atoms with van der Waals surface area (Å²) in [6.07, 6.45) is 6.67. The summed E-state index contributed by atoms with van der Waals surface area (Å²) in [5, 5.41) is 8.38. The van der Waals surface area contributed by atoms with Crippen molar-refractivity contribution in [1.82, 2.24) is 9.80 Å². The number of benzene rings is 2. The zero-order valence-electron chi connectivity index (χ0n) is 20.4. The van der Waals surface area contributed by atoms with Crippen LogP contribution in [0.3, 0.4) is 0 Å². The van der Waals surface area contributed by atoms with Crippen molar-refractivity contribution in [2.45, 2.75) is 40.2 Å². The predicted octanol–water partition coefficient (Wildman–Crippen LogP) is 4.78. The Morgan fingerprint density at radius 3 is 2.42 bits per heavy atom. The minimum Gasteiger partial charge on any atom is -0.496 e. The molecule has 0 radical (unpaired) electrons. The van der Waals surface area contributed by atoms with Crippen molar-refractivity contribution in [3.63, 3.8) is 0 Å². The maximum absolute atomic E-state index is 12.0. The molecule has 6 heteroatoms. The minimum absolute atomic E-state index is 0.187. The van der Waals surface area contributed by atoms with Crippen LogP contribution in [-0.2, 0) is 11.3 Å². The van der Waals surface area contributed by atoms with Gasteiger partial charge in [0.2, 0.25) is 5.91 Å². The average Bonchev–Trinajstić information content (AvgIpc) is 2.81. The molecule has 1 aliphatic rings. The molecular weight excluding hydrogens is 416 g/mol. The summed E-state index contributed by atoms with van der Waals surface area (Å²) in [5.41, 5.74) is 5.29. The van der Waals surface area contributed by atoms with Crippen LogP contribution in [0.2, 0.25) is 0 Å². The van der Waals surface area contributed by atoms with Gasteiger partial charge in [0.15, 0.2) is 0 Å². The second-order valence-electron chi connectivity index (χ2n) is 8.30. The largest absolute Gasteiger partial charge is 0.496 e. The number of methoxy groups -OCH3 is 1. The topological polar surface area (TPSA) is 70.1 Å². The van der Waals surface area contributed by atoms with Crippen molar-refractivity contribution in [1.29, 1.82) is 0 Å². The molecule has 1 heterocycles. The van der Waals surface area contributed by atoms with E-state index in [1.165, 1.54) is 22.3 Å². The van der Waals surface area contributed by atoms with Gasteiger partial charge in [-0.15, -0.1) is 0 Å². The first kappa shape index (κ1) is 26.1. The lowest BCUT2D eigenvalue weighted by molar-refractivity contribution is -0.134. The first-order chi connectivity index (χ1) is 15.8. The van der Waals surface area contributed by atoms with Gasteiger partial charge in [-0.25, -0.2) is 4.79 Å². The van der Waals surface area contributed by atoms with Gasteiger partial charge in [-0.05, 0) is 55.2 Å². The van der Waals surface area contributed by atoms with E-state index in [-0.39, 0.29) is 5.91 Å². The Morgan fingerprint density at radius 2 is 1.88 bits per heavy atom. The molecule has 0 atom stereocenters. The molecular formula is C27H36N2O4. The standard InChI is InChI=1S/C20H30N2O2.C7H6O2/c1-6-7-8-9-17-16(3)15(2)12-19(24-5)18(17)13-22-11-10-21(4)20(23)14-22;8-7(9)6-4-2-1-3-5-6/h8-9,12H,6-7,10-11,13-14H2,1-5H3;1-5H,(H,8,9)/b9-8-;. The van der Waals surface area contributed by atoms with Gasteiger partial charge in [-0.1, -0.05) is 43.7 Å². The summed E-state index contributed by atoms with van der Waals surface area (Å²) >= 11 is 0. The van der Waals surface area contributed by atoms with E-state index in [1.54, 1.807) is 42.3 Å². The van der Waals surface area contributed by atoms with Crippen molar-refractivity contribution < 1.29 is 19.4 Å². The molecule has 2 aromatic rings. The lowest BCUT2D eigenvalue weighted by Gasteiger charge is -2.32. The van der Waals surface area contributed by atoms with E-state index in [9.17, 15) is 9.59 Å². The number of hydrogen-bond acceptors (Lipinski definition) is 4. The highest BCUT2D eigenvalue weighted by Gasteiger charge is 2.23. The fourth-order valence-electron chi connectivity index (χ4n) is 3.65. The number of carboxylic acids is 1. The van der Waals surface area contributed by atoms with Gasteiger partial charge in [-0.3, -0.25) is 9.69 Å². The van der Waals surface area contributed by atoms with Crippen LogP contribution in [0, 0.1) is 13.8 Å². The van der Waals surface area contributed by atoms with E-state index < -0.39 is 5.97 Å². The number of hydrogen-bond donors (Lipinski definition) is 1. The quantitative estimate of drug-likeness (QED) is 0.654. The van der Waals surface area contributed by atoms with Crippen molar-refractivity contribution >= 4 is 18.0 Å². The fourth-order valence-corrected chi connectivity index (χ4v) is 3.65. The SMILES string of the molecule is CCC/C=C\c1c(C)c(C)cc(OC)c1CN1CCN(C)C(=O)C1.O=C(O)c1ccccc1. The summed E-state index contributed by atoms with van der Waals surface area (Å²) < 4.78 is 5.66. The maximum Gasteiger partial charge on any atom is 0.335 e. The van der Waals surface area contributed by atoms with Gasteiger partial charge in [0.25, 0.3) is 0 Å². The zero-order valence-corrected chi connectivity index (χ0v) is 20.4. The molecule has 0 saturated carbocycles. The van der Waals surface area contributed by atoms with Crippen molar-refractivity contribution in [3.05, 3.63) is 70.3 Å². The maximum atomic E-state index is 12.0. The molecule has 1 N–H and O–H groups in total. The molecule has 0 aliphatic carbocycles. The molecule has 1 fully saturated rings. The van der Waals surface area contributed by atoms with Crippen LogP contribution < -0.4 is 4.74 Å². The van der Waals surface area contributed by atoms with Gasteiger partial charge in [0, 0.05) is 32.2 Å². The highest BCUT2D eigenvalue weighted by molar-refractivity contribution is 5.87. The van der Waals surface area contributed by atoms with Crippen molar-refractivity contribution in [2.75, 3.05) is 33.8 Å². The second-order valence-corrected chi connectivity index (χ2v) is 8.30. The number of piperazine rings is 1. The van der Waals surface area contributed by atoms with Gasteiger partial charge in [0.1, 0.15) is 5.75 Å². The molecule has 1 aliphatic heterocycles. The Hall–Kier alpha value is -3.12. The Bertz CT molecular complexity index is 970. The number of carbonyl (C=O) groups is 2. The van der Waals surface area contributed by atoms with Crippen molar-refractivity contribution in [2.24, 2.45) is 0 Å². The molecule has 2 aromatic carbocycles. The minimum atomic E-state index is -0.879. The highest BCUT2D eigenvalue weighted by atomic mass is 16.5. The normalized spacial score (nSPS) is 14.2. The number of rotatable bonds is 7. The van der Waals surface area contributed by atoms with Crippen LogP contribution in [0.4, 0.5) is 0 Å². The van der Waals surface area contributed by atoms with E-state index in [4.69, 9.17) is 9.84 Å². The summed E-state index contributed by atoms with van der Waals surface area (Å²) in [4.78, 5) is 26.2. The molecule has 0 unspecified atom stereocenters. The summed E-state index contributed by atoms with van der Waals surface area (Å²) in [5.74, 6) is 0.225. The number of carboxylic acid groups (broad SMARTS) is 1. The van der Waals surface area contributed by atoms with Crippen LogP contribution in [0.5, 0.6) is 5.75 Å². The van der Waals surface area contributed by atoms with E-state index in [2.05, 4.69) is 43.9 Å². The summed E-state index contributed by atoms with van der Waals surface area (Å²) in [6, 6.07) is 10.4. The summed E-state index contributed by atoms with van der Waals surface area (Å²) in [7, 11) is 3.59. The monoisotopic (exact) mass is 452 g/mol. The Balaban J connectivity index is 0.000000357. The molecule has 0 aromatic heterocycles. The molecule has 1 amide bonds. The van der Waals surface area contributed by atoms with Crippen LogP contribution in [-0.4, -0.2) is 60.6 Å². The van der Waals surface area contributed by atoms with Crippen LogP contribution in [0.25, 0.3) is 6.08 Å². The van der Waals surface area contributed by atoms with Gasteiger partial charge >= 0.3 is 5.97 Å². The number of allylic oxidation sites excluding steroid dienone is 1. The predicted molar refractivity (Wildman–Crippen MR) is 133 cm³/mol. The molecule has 3 rings (SSSR count). The number of unbranched alkanes of at least 4 members (excludes halogenated alkanes) is 1. The van der Waals surface area contributed by atoms with Gasteiger partial charge < -0.3 is 14.7 Å². The number of carbonyl (C=O) groups excluding carboxylic acids is 1. The third-order valence-electron chi connectivity index (χ3n) is 5.86. The first-order valence-electron chi connectivity index (χ1n) is 11.4. The molecule has 6 nitrogen and oxygen atoms in total. The Labute approximate surface area is 197 Å². The Morgan fingerprint density at radius 1 is 1.18 bits per heavy atom. The van der Waals surface area contributed by atoms with E-state index in [0.717, 1.165) is 38.2 Å². The molecule has 0 spiro atoms. The van der Waals surface area contributed by atoms with Gasteiger partial charge in [-0.2, -0.15) is 0 Å². The number of nitrogens with zero attached hydrogens (tertiary/aromatic N) is 2. The van der Waals surface area contributed by atoms with E-state index in [0.29, 0.717) is 12.1 Å². The summed E-state index contributed by atoms with van der Waals surface area (Å²) in [6.45, 7) is 9.38. The molecule has 0 bridgehead atoms. The first-order valence-corrected chi connectivity index (χ1v) is 11.4. The van der Waals surface area contributed by atoms with Crippen LogP contribution >= 0.6 is 0 Å². The number of ether oxygens (including phenoxy) is 1. The third-order valence-corrected chi connectivity index (χ3v) is 5.86. The van der Waals surface area contributed by atoms with Crippen LogP contribution in [0.1, 0.15) is 52.4 Å². The van der Waals surface area contributed by atoms with Crippen LogP contribution in [0.15, 0.2) is 42.5 Å². The van der Waals surface area contributed by atoms with E-state index >= 15 is 0 Å². The average molecular weight is 453 g/mol. The smallest absolute Gasteiger partial charge is 0.335 e. The zero-order chi connectivity index (χ0) is 24.4.